The summed E-state index contributed by atoms with van der Waals surface area (Å²) in [5.41, 5.74) is 6.66. The number of halogens is 1. The average molecular weight is 314 g/mol. The van der Waals surface area contributed by atoms with E-state index in [9.17, 15) is 0 Å². The van der Waals surface area contributed by atoms with E-state index in [2.05, 4.69) is 10.5 Å². The second-order valence-corrected chi connectivity index (χ2v) is 5.15. The molecule has 0 spiro atoms. The van der Waals surface area contributed by atoms with Crippen LogP contribution in [0.3, 0.4) is 0 Å². The first-order chi connectivity index (χ1) is 10.6. The smallest absolute Gasteiger partial charge is 0.174 e. The molecule has 0 saturated heterocycles. The minimum absolute atomic E-state index is 0.0438. The number of aryl methyl sites for hydroxylation is 1. The van der Waals surface area contributed by atoms with E-state index in [-0.39, 0.29) is 6.61 Å². The zero-order valence-electron chi connectivity index (χ0n) is 12.4. The van der Waals surface area contributed by atoms with Crippen molar-refractivity contribution in [1.29, 1.82) is 5.26 Å². The largest absolute Gasteiger partial charge is 0.479 e. The summed E-state index contributed by atoms with van der Waals surface area (Å²) in [5, 5.41) is 13.5. The maximum Gasteiger partial charge on any atom is 0.174 e. The fourth-order valence-corrected chi connectivity index (χ4v) is 1.96. The predicted octanol–water partition coefficient (Wildman–Crippen LogP) is 4.39. The molecule has 2 aromatic rings. The van der Waals surface area contributed by atoms with Crippen molar-refractivity contribution in [3.8, 4) is 11.8 Å². The van der Waals surface area contributed by atoms with E-state index < -0.39 is 0 Å². The standard InChI is InChI=1S/C17H16ClN3O/c1-12-3-6-15(11-17(12)18)21-20-13(2)14-4-7-16(8-5-14)22-10-9-19/h3-8,11,21H,10H2,1-2H3/b20-13-. The summed E-state index contributed by atoms with van der Waals surface area (Å²) in [6.45, 7) is 3.91. The highest BCUT2D eigenvalue weighted by molar-refractivity contribution is 6.31. The molecule has 0 saturated carbocycles. The summed E-state index contributed by atoms with van der Waals surface area (Å²) >= 11 is 6.08. The summed E-state index contributed by atoms with van der Waals surface area (Å²) in [6, 6.07) is 15.1. The average Bonchev–Trinajstić information content (AvgIpc) is 2.54. The molecule has 0 unspecified atom stereocenters. The van der Waals surface area contributed by atoms with Crippen molar-refractivity contribution in [3.63, 3.8) is 0 Å². The molecule has 4 nitrogen and oxygen atoms in total. The topological polar surface area (TPSA) is 57.4 Å². The van der Waals surface area contributed by atoms with E-state index >= 15 is 0 Å². The zero-order chi connectivity index (χ0) is 15.9. The van der Waals surface area contributed by atoms with Crippen LogP contribution in [-0.4, -0.2) is 12.3 Å². The lowest BCUT2D eigenvalue weighted by atomic mass is 10.1. The molecular weight excluding hydrogens is 298 g/mol. The first-order valence-corrected chi connectivity index (χ1v) is 7.14. The maximum atomic E-state index is 8.47. The van der Waals surface area contributed by atoms with Gasteiger partial charge in [0.2, 0.25) is 0 Å². The molecule has 0 amide bonds. The lowest BCUT2D eigenvalue weighted by Gasteiger charge is -2.06. The van der Waals surface area contributed by atoms with Crippen molar-refractivity contribution in [1.82, 2.24) is 0 Å². The Morgan fingerprint density at radius 3 is 2.64 bits per heavy atom. The summed E-state index contributed by atoms with van der Waals surface area (Å²) in [7, 11) is 0. The highest BCUT2D eigenvalue weighted by atomic mass is 35.5. The van der Waals surface area contributed by atoms with Gasteiger partial charge in [0.05, 0.1) is 11.4 Å². The first kappa shape index (κ1) is 15.9. The van der Waals surface area contributed by atoms with E-state index in [0.717, 1.165) is 22.5 Å². The molecule has 0 heterocycles. The van der Waals surface area contributed by atoms with Crippen molar-refractivity contribution in [2.75, 3.05) is 12.0 Å². The second kappa shape index (κ2) is 7.48. The van der Waals surface area contributed by atoms with Gasteiger partial charge in [-0.1, -0.05) is 17.7 Å². The lowest BCUT2D eigenvalue weighted by molar-refractivity contribution is 0.368. The van der Waals surface area contributed by atoms with Gasteiger partial charge in [-0.05, 0) is 61.4 Å². The van der Waals surface area contributed by atoms with Crippen molar-refractivity contribution in [2.24, 2.45) is 5.10 Å². The van der Waals surface area contributed by atoms with Crippen LogP contribution >= 0.6 is 11.6 Å². The van der Waals surface area contributed by atoms with Crippen LogP contribution in [0.15, 0.2) is 47.6 Å². The van der Waals surface area contributed by atoms with Crippen LogP contribution in [0.1, 0.15) is 18.1 Å². The number of nitrogens with one attached hydrogen (secondary N) is 1. The van der Waals surface area contributed by atoms with Crippen molar-refractivity contribution in [2.45, 2.75) is 13.8 Å². The Bertz CT molecular complexity index is 718. The summed E-state index contributed by atoms with van der Waals surface area (Å²) in [5.74, 6) is 0.663. The van der Waals surface area contributed by atoms with Gasteiger partial charge in [0, 0.05) is 5.02 Å². The SMILES string of the molecule is C/C(=N/Nc1ccc(C)c(Cl)c1)c1ccc(OCC#N)cc1. The molecule has 0 radical (unpaired) electrons. The van der Waals surface area contributed by atoms with E-state index in [1.807, 2.05) is 62.4 Å². The Balaban J connectivity index is 2.05. The number of hydrogen-bond acceptors (Lipinski definition) is 4. The van der Waals surface area contributed by atoms with Gasteiger partial charge >= 0.3 is 0 Å². The third kappa shape index (κ3) is 4.24. The van der Waals surface area contributed by atoms with Crippen molar-refractivity contribution >= 4 is 23.0 Å². The van der Waals surface area contributed by atoms with E-state index in [1.54, 1.807) is 0 Å². The van der Waals surface area contributed by atoms with E-state index in [4.69, 9.17) is 21.6 Å². The molecule has 0 atom stereocenters. The van der Waals surface area contributed by atoms with Crippen LogP contribution in [0, 0.1) is 18.3 Å². The van der Waals surface area contributed by atoms with Gasteiger partial charge < -0.3 is 4.74 Å². The van der Waals surface area contributed by atoms with Gasteiger partial charge in [-0.3, -0.25) is 5.43 Å². The number of ether oxygens (including phenoxy) is 1. The zero-order valence-corrected chi connectivity index (χ0v) is 13.2. The highest BCUT2D eigenvalue weighted by Gasteiger charge is 2.00. The minimum atomic E-state index is 0.0438. The van der Waals surface area contributed by atoms with Gasteiger partial charge in [0.1, 0.15) is 11.8 Å². The van der Waals surface area contributed by atoms with Gasteiger partial charge in [-0.25, -0.2) is 0 Å². The molecule has 112 valence electrons. The Kier molecular flexibility index (Phi) is 5.40. The summed E-state index contributed by atoms with van der Waals surface area (Å²) in [6.07, 6.45) is 0. The molecule has 0 aliphatic carbocycles. The molecule has 5 heteroatoms. The van der Waals surface area contributed by atoms with Crippen LogP contribution in [0.2, 0.25) is 5.02 Å². The van der Waals surface area contributed by atoms with Crippen LogP contribution in [-0.2, 0) is 0 Å². The normalized spacial score (nSPS) is 10.9. The Morgan fingerprint density at radius 2 is 2.00 bits per heavy atom. The second-order valence-electron chi connectivity index (χ2n) is 4.74. The molecule has 2 aromatic carbocycles. The van der Waals surface area contributed by atoms with E-state index in [0.29, 0.717) is 10.8 Å². The molecule has 22 heavy (non-hydrogen) atoms. The molecule has 0 aliphatic heterocycles. The minimum Gasteiger partial charge on any atom is -0.479 e. The Morgan fingerprint density at radius 1 is 1.27 bits per heavy atom. The summed E-state index contributed by atoms with van der Waals surface area (Å²) in [4.78, 5) is 0. The molecule has 2 rings (SSSR count). The molecule has 0 aromatic heterocycles. The molecule has 1 N–H and O–H groups in total. The fourth-order valence-electron chi connectivity index (χ4n) is 1.78. The number of hydrogen-bond donors (Lipinski definition) is 1. The van der Waals surface area contributed by atoms with Crippen LogP contribution in [0.5, 0.6) is 5.75 Å². The molecular formula is C17H16ClN3O. The monoisotopic (exact) mass is 313 g/mol. The van der Waals surface area contributed by atoms with Gasteiger partial charge in [0.15, 0.2) is 6.61 Å². The third-order valence-electron chi connectivity index (χ3n) is 3.10. The molecule has 0 bridgehead atoms. The van der Waals surface area contributed by atoms with Crippen LogP contribution in [0.4, 0.5) is 5.69 Å². The maximum absolute atomic E-state index is 8.47. The van der Waals surface area contributed by atoms with Crippen LogP contribution < -0.4 is 10.2 Å². The number of rotatable bonds is 5. The van der Waals surface area contributed by atoms with Crippen molar-refractivity contribution < 1.29 is 4.74 Å². The number of nitrogens with zero attached hydrogens (tertiary/aromatic N) is 2. The predicted molar refractivity (Wildman–Crippen MR) is 89.6 cm³/mol. The molecule has 0 aliphatic rings. The Hall–Kier alpha value is -2.51. The quantitative estimate of drug-likeness (QED) is 0.658. The van der Waals surface area contributed by atoms with Gasteiger partial charge in [-0.2, -0.15) is 10.4 Å². The van der Waals surface area contributed by atoms with E-state index in [1.165, 1.54) is 0 Å². The highest BCUT2D eigenvalue weighted by Crippen LogP contribution is 2.20. The number of benzene rings is 2. The number of nitriles is 1. The number of hydrazone groups is 1. The Labute approximate surface area is 135 Å². The number of anilines is 1. The van der Waals surface area contributed by atoms with Crippen molar-refractivity contribution in [3.05, 3.63) is 58.6 Å². The third-order valence-corrected chi connectivity index (χ3v) is 3.51. The van der Waals surface area contributed by atoms with Gasteiger partial charge in [0.25, 0.3) is 0 Å². The van der Waals surface area contributed by atoms with Crippen LogP contribution in [0.25, 0.3) is 0 Å². The molecule has 0 fully saturated rings. The first-order valence-electron chi connectivity index (χ1n) is 6.77. The summed E-state index contributed by atoms with van der Waals surface area (Å²) < 4.78 is 5.21. The fraction of sp³-hybridized carbons (Fsp3) is 0.176. The van der Waals surface area contributed by atoms with Gasteiger partial charge in [-0.15, -0.1) is 0 Å². The lowest BCUT2D eigenvalue weighted by Crippen LogP contribution is -2.00.